The van der Waals surface area contributed by atoms with E-state index in [0.717, 1.165) is 22.2 Å². The molecule has 1 heterocycles. The van der Waals surface area contributed by atoms with Crippen molar-refractivity contribution in [1.29, 1.82) is 0 Å². The highest BCUT2D eigenvalue weighted by molar-refractivity contribution is 5.96. The second kappa shape index (κ2) is 7.44. The Kier molecular flexibility index (Phi) is 5.56. The smallest absolute Gasteiger partial charge is 0.243 e. The number of nitrogens with two attached hydrogens (primary N) is 1. The van der Waals surface area contributed by atoms with E-state index >= 15 is 0 Å². The number of fused-ring (bicyclic) bond motifs is 1. The summed E-state index contributed by atoms with van der Waals surface area (Å²) in [6, 6.07) is 12.6. The van der Waals surface area contributed by atoms with E-state index in [9.17, 15) is 4.79 Å². The Labute approximate surface area is 145 Å². The molecule has 0 spiro atoms. The third kappa shape index (κ3) is 3.56. The van der Waals surface area contributed by atoms with Crippen molar-refractivity contribution >= 4 is 34.9 Å². The molecule has 1 atom stereocenters. The zero-order valence-corrected chi connectivity index (χ0v) is 14.0. The molecule has 6 nitrogen and oxygen atoms in total. The van der Waals surface area contributed by atoms with Crippen LogP contribution in [-0.2, 0) is 4.79 Å². The van der Waals surface area contributed by atoms with Crippen LogP contribution in [0.4, 0.5) is 5.69 Å². The molecule has 3 aromatic rings. The van der Waals surface area contributed by atoms with Crippen LogP contribution in [0, 0.1) is 6.92 Å². The normalized spacial score (nSPS) is 11.8. The Balaban J connectivity index is 0.00000208. The van der Waals surface area contributed by atoms with Crippen LogP contribution in [-0.4, -0.2) is 33.4 Å². The minimum absolute atomic E-state index is 0. The van der Waals surface area contributed by atoms with Gasteiger partial charge in [-0.3, -0.25) is 4.79 Å². The van der Waals surface area contributed by atoms with Crippen molar-refractivity contribution in [2.75, 3.05) is 11.9 Å². The summed E-state index contributed by atoms with van der Waals surface area (Å²) in [5.74, 6) is -0.423. The minimum Gasteiger partial charge on any atom is -0.394 e. The third-order valence-corrected chi connectivity index (χ3v) is 3.62. The monoisotopic (exact) mass is 346 g/mol. The number of nitrogens with one attached hydrogen (secondary N) is 1. The number of aryl methyl sites for hydroxylation is 1. The highest BCUT2D eigenvalue weighted by atomic mass is 35.5. The van der Waals surface area contributed by atoms with Gasteiger partial charge in [-0.1, -0.05) is 12.1 Å². The van der Waals surface area contributed by atoms with Gasteiger partial charge in [0, 0.05) is 11.1 Å². The molecule has 24 heavy (non-hydrogen) atoms. The summed E-state index contributed by atoms with van der Waals surface area (Å²) in [5.41, 5.74) is 9.10. The number of carbonyl (C=O) groups is 1. The highest BCUT2D eigenvalue weighted by Gasteiger charge is 2.13. The average molecular weight is 347 g/mol. The first kappa shape index (κ1) is 17.9. The van der Waals surface area contributed by atoms with Gasteiger partial charge >= 0.3 is 0 Å². The molecule has 0 aliphatic rings. The predicted molar refractivity (Wildman–Crippen MR) is 96.7 cm³/mol. The number of benzene rings is 2. The van der Waals surface area contributed by atoms with E-state index in [1.54, 1.807) is 12.3 Å². The number of halogens is 1. The molecule has 0 radical (unpaired) electrons. The highest BCUT2D eigenvalue weighted by Crippen LogP contribution is 2.22. The topological polar surface area (TPSA) is 93.2 Å². The Morgan fingerprint density at radius 1 is 1.33 bits per heavy atom. The van der Waals surface area contributed by atoms with Crippen LogP contribution in [0.25, 0.3) is 16.6 Å². The molecule has 0 saturated carbocycles. The molecule has 1 amide bonds. The lowest BCUT2D eigenvalue weighted by Crippen LogP contribution is -2.38. The van der Waals surface area contributed by atoms with Gasteiger partial charge in [-0.25, -0.2) is 4.68 Å². The largest absolute Gasteiger partial charge is 0.394 e. The summed E-state index contributed by atoms with van der Waals surface area (Å²) in [5, 5.41) is 17.0. The average Bonchev–Trinajstić information content (AvgIpc) is 2.97. The lowest BCUT2D eigenvalue weighted by Gasteiger charge is -2.10. The van der Waals surface area contributed by atoms with E-state index in [-0.39, 0.29) is 12.4 Å². The van der Waals surface area contributed by atoms with Gasteiger partial charge in [0.25, 0.3) is 0 Å². The maximum Gasteiger partial charge on any atom is 0.243 e. The van der Waals surface area contributed by atoms with Crippen molar-refractivity contribution in [2.24, 2.45) is 5.73 Å². The maximum absolute atomic E-state index is 11.8. The van der Waals surface area contributed by atoms with Gasteiger partial charge in [0.15, 0.2) is 0 Å². The van der Waals surface area contributed by atoms with Crippen LogP contribution in [0.3, 0.4) is 0 Å². The Bertz CT molecular complexity index is 863. The van der Waals surface area contributed by atoms with Gasteiger partial charge in [0.1, 0.15) is 6.04 Å². The second-order valence-corrected chi connectivity index (χ2v) is 5.45. The first-order valence-corrected chi connectivity index (χ1v) is 7.30. The molecule has 0 fully saturated rings. The predicted octanol–water partition coefficient (Wildman–Crippen LogP) is 2.01. The van der Waals surface area contributed by atoms with Crippen molar-refractivity contribution in [3.8, 4) is 5.69 Å². The molecule has 1 aromatic heterocycles. The summed E-state index contributed by atoms with van der Waals surface area (Å²) in [6.45, 7) is 1.63. The zero-order chi connectivity index (χ0) is 16.4. The number of nitrogens with zero attached hydrogens (tertiary/aromatic N) is 2. The summed E-state index contributed by atoms with van der Waals surface area (Å²) in [7, 11) is 0. The van der Waals surface area contributed by atoms with E-state index in [1.807, 2.05) is 48.0 Å². The Morgan fingerprint density at radius 2 is 2.12 bits per heavy atom. The van der Waals surface area contributed by atoms with Crippen LogP contribution in [0.2, 0.25) is 0 Å². The van der Waals surface area contributed by atoms with Crippen LogP contribution in [0.5, 0.6) is 0 Å². The molecule has 0 saturated heterocycles. The van der Waals surface area contributed by atoms with Crippen LogP contribution < -0.4 is 11.1 Å². The summed E-state index contributed by atoms with van der Waals surface area (Å²) in [6.07, 6.45) is 1.78. The molecule has 0 aliphatic heterocycles. The number of carbonyl (C=O) groups excluding carboxylic acids is 1. The molecule has 126 valence electrons. The van der Waals surface area contributed by atoms with Gasteiger partial charge in [-0.05, 0) is 42.8 Å². The standard InChI is InChI=1S/C17H18N4O2.ClH/c1-11-3-2-4-14(7-11)21-16-8-13(6-5-12(16)9-19-21)20-17(23)15(18)10-22;/h2-9,15,22H,10,18H2,1H3,(H,20,23);1H. The van der Waals surface area contributed by atoms with Gasteiger partial charge in [-0.15, -0.1) is 12.4 Å². The van der Waals surface area contributed by atoms with E-state index in [4.69, 9.17) is 10.8 Å². The number of aliphatic hydroxyl groups is 1. The second-order valence-electron chi connectivity index (χ2n) is 5.45. The zero-order valence-electron chi connectivity index (χ0n) is 13.1. The van der Waals surface area contributed by atoms with E-state index < -0.39 is 18.6 Å². The van der Waals surface area contributed by atoms with Gasteiger partial charge in [-0.2, -0.15) is 5.10 Å². The number of amides is 1. The van der Waals surface area contributed by atoms with Crippen LogP contribution in [0.15, 0.2) is 48.7 Å². The Hall–Kier alpha value is -2.41. The fourth-order valence-corrected chi connectivity index (χ4v) is 2.38. The molecule has 2 aromatic carbocycles. The van der Waals surface area contributed by atoms with Gasteiger partial charge in [0.2, 0.25) is 5.91 Å². The minimum atomic E-state index is -0.938. The van der Waals surface area contributed by atoms with E-state index in [2.05, 4.69) is 10.4 Å². The molecule has 3 rings (SSSR count). The van der Waals surface area contributed by atoms with E-state index in [1.165, 1.54) is 0 Å². The van der Waals surface area contributed by atoms with Crippen LogP contribution >= 0.6 is 12.4 Å². The van der Waals surface area contributed by atoms with E-state index in [0.29, 0.717) is 5.69 Å². The number of rotatable bonds is 4. The summed E-state index contributed by atoms with van der Waals surface area (Å²) < 4.78 is 1.82. The molecular formula is C17H19ClN4O2. The van der Waals surface area contributed by atoms with Crippen molar-refractivity contribution in [3.05, 3.63) is 54.2 Å². The van der Waals surface area contributed by atoms with Crippen molar-refractivity contribution in [2.45, 2.75) is 13.0 Å². The summed E-state index contributed by atoms with van der Waals surface area (Å²) in [4.78, 5) is 11.8. The van der Waals surface area contributed by atoms with Crippen molar-refractivity contribution in [1.82, 2.24) is 9.78 Å². The molecule has 0 aliphatic carbocycles. The lowest BCUT2D eigenvalue weighted by atomic mass is 10.2. The lowest BCUT2D eigenvalue weighted by molar-refractivity contribution is -0.118. The summed E-state index contributed by atoms with van der Waals surface area (Å²) >= 11 is 0. The first-order valence-electron chi connectivity index (χ1n) is 7.30. The quantitative estimate of drug-likeness (QED) is 0.673. The molecule has 4 N–H and O–H groups in total. The number of hydrogen-bond donors (Lipinski definition) is 3. The Morgan fingerprint density at radius 3 is 2.83 bits per heavy atom. The molecular weight excluding hydrogens is 328 g/mol. The first-order chi connectivity index (χ1) is 11.1. The number of aliphatic hydroxyl groups excluding tert-OH is 1. The van der Waals surface area contributed by atoms with Gasteiger partial charge < -0.3 is 16.2 Å². The van der Waals surface area contributed by atoms with Crippen molar-refractivity contribution in [3.63, 3.8) is 0 Å². The third-order valence-electron chi connectivity index (χ3n) is 3.62. The molecule has 7 heteroatoms. The van der Waals surface area contributed by atoms with Gasteiger partial charge in [0.05, 0.1) is 24.0 Å². The molecule has 0 bridgehead atoms. The number of aromatic nitrogens is 2. The number of anilines is 1. The van der Waals surface area contributed by atoms with Crippen LogP contribution in [0.1, 0.15) is 5.56 Å². The van der Waals surface area contributed by atoms with Crippen molar-refractivity contribution < 1.29 is 9.90 Å². The fourth-order valence-electron chi connectivity index (χ4n) is 2.38. The fraction of sp³-hybridized carbons (Fsp3) is 0.176. The SMILES string of the molecule is Cc1cccc(-n2ncc3ccc(NC(=O)C(N)CO)cc32)c1.Cl. The maximum atomic E-state index is 11.8. The number of hydrogen-bond acceptors (Lipinski definition) is 4. The molecule has 1 unspecified atom stereocenters.